The van der Waals surface area contributed by atoms with E-state index in [0.717, 1.165) is 17.9 Å². The van der Waals surface area contributed by atoms with Crippen LogP contribution in [0.2, 0.25) is 0 Å². The molecule has 3 rings (SSSR count). The highest BCUT2D eigenvalue weighted by atomic mass is 14.9. The number of rotatable bonds is 1. The SMILES string of the molecule is CN[C@@H]1C[C@@H]2C[C@@H]1c1ccccc12. The maximum atomic E-state index is 3.44. The first kappa shape index (κ1) is 7.57. The van der Waals surface area contributed by atoms with Crippen LogP contribution in [0, 0.1) is 0 Å². The summed E-state index contributed by atoms with van der Waals surface area (Å²) in [5.41, 5.74) is 3.23. The van der Waals surface area contributed by atoms with Crippen molar-refractivity contribution in [3.8, 4) is 0 Å². The molecule has 1 N–H and O–H groups in total. The Kier molecular flexibility index (Phi) is 1.50. The van der Waals surface area contributed by atoms with Crippen molar-refractivity contribution in [2.24, 2.45) is 0 Å². The van der Waals surface area contributed by atoms with Crippen LogP contribution in [0.25, 0.3) is 0 Å². The molecule has 1 heteroatoms. The number of likely N-dealkylation sites (N-methyl/N-ethyl adjacent to an activating group) is 1. The first-order valence-corrected chi connectivity index (χ1v) is 5.16. The highest BCUT2D eigenvalue weighted by molar-refractivity contribution is 5.42. The van der Waals surface area contributed by atoms with Gasteiger partial charge in [0.25, 0.3) is 0 Å². The molecule has 0 amide bonds. The van der Waals surface area contributed by atoms with Gasteiger partial charge in [-0.1, -0.05) is 24.3 Å². The van der Waals surface area contributed by atoms with Gasteiger partial charge in [0.15, 0.2) is 0 Å². The van der Waals surface area contributed by atoms with Crippen LogP contribution in [-0.4, -0.2) is 13.1 Å². The quantitative estimate of drug-likeness (QED) is 0.687. The van der Waals surface area contributed by atoms with Gasteiger partial charge < -0.3 is 5.32 Å². The number of nitrogens with one attached hydrogen (secondary N) is 1. The number of benzene rings is 1. The molecule has 0 spiro atoms. The van der Waals surface area contributed by atoms with Crippen molar-refractivity contribution in [3.63, 3.8) is 0 Å². The van der Waals surface area contributed by atoms with Crippen molar-refractivity contribution < 1.29 is 0 Å². The lowest BCUT2D eigenvalue weighted by molar-refractivity contribution is 0.506. The van der Waals surface area contributed by atoms with Crippen LogP contribution in [0.5, 0.6) is 0 Å². The topological polar surface area (TPSA) is 12.0 Å². The summed E-state index contributed by atoms with van der Waals surface area (Å²) in [7, 11) is 2.09. The highest BCUT2D eigenvalue weighted by Gasteiger charge is 2.42. The second-order valence-electron chi connectivity index (χ2n) is 4.30. The zero-order chi connectivity index (χ0) is 8.84. The molecule has 13 heavy (non-hydrogen) atoms. The minimum atomic E-state index is 0.736. The van der Waals surface area contributed by atoms with Gasteiger partial charge in [-0.25, -0.2) is 0 Å². The van der Waals surface area contributed by atoms with Crippen LogP contribution in [0.15, 0.2) is 24.3 Å². The number of fused-ring (bicyclic) bond motifs is 5. The molecule has 2 aliphatic carbocycles. The molecule has 1 fully saturated rings. The Morgan fingerprint density at radius 1 is 1.15 bits per heavy atom. The van der Waals surface area contributed by atoms with Crippen molar-refractivity contribution in [1.29, 1.82) is 0 Å². The average molecular weight is 173 g/mol. The molecule has 1 saturated carbocycles. The van der Waals surface area contributed by atoms with E-state index in [4.69, 9.17) is 0 Å². The van der Waals surface area contributed by atoms with Gasteiger partial charge in [0.05, 0.1) is 0 Å². The molecule has 2 bridgehead atoms. The minimum Gasteiger partial charge on any atom is -0.316 e. The Bertz CT molecular complexity index is 330. The molecule has 1 nitrogen and oxygen atoms in total. The Morgan fingerprint density at radius 2 is 1.92 bits per heavy atom. The fourth-order valence-electron chi connectivity index (χ4n) is 3.17. The molecule has 0 unspecified atom stereocenters. The first-order valence-electron chi connectivity index (χ1n) is 5.16. The summed E-state index contributed by atoms with van der Waals surface area (Å²) in [6.45, 7) is 0. The second kappa shape index (κ2) is 2.58. The van der Waals surface area contributed by atoms with Gasteiger partial charge >= 0.3 is 0 Å². The summed E-state index contributed by atoms with van der Waals surface area (Å²) >= 11 is 0. The van der Waals surface area contributed by atoms with Crippen LogP contribution >= 0.6 is 0 Å². The molecular weight excluding hydrogens is 158 g/mol. The van der Waals surface area contributed by atoms with Crippen molar-refractivity contribution in [3.05, 3.63) is 35.4 Å². The standard InChI is InChI=1S/C12H15N/c1-13-12-7-8-6-11(12)10-5-3-2-4-9(8)10/h2-5,8,11-13H,6-7H2,1H3/t8-,11+,12+/m0/s1. The third kappa shape index (κ3) is 0.910. The van der Waals surface area contributed by atoms with E-state index in [1.807, 2.05) is 0 Å². The summed E-state index contributed by atoms with van der Waals surface area (Å²) in [6, 6.07) is 9.70. The summed E-state index contributed by atoms with van der Waals surface area (Å²) in [5, 5.41) is 3.44. The van der Waals surface area contributed by atoms with Gasteiger partial charge in [-0.2, -0.15) is 0 Å². The van der Waals surface area contributed by atoms with E-state index < -0.39 is 0 Å². The van der Waals surface area contributed by atoms with Crippen molar-refractivity contribution in [1.82, 2.24) is 5.32 Å². The molecular formula is C12H15N. The molecule has 3 atom stereocenters. The summed E-state index contributed by atoms with van der Waals surface area (Å²) in [6.07, 6.45) is 2.73. The Balaban J connectivity index is 2.07. The highest BCUT2D eigenvalue weighted by Crippen LogP contribution is 2.52. The molecule has 0 heterocycles. The summed E-state index contributed by atoms with van der Waals surface area (Å²) in [4.78, 5) is 0. The van der Waals surface area contributed by atoms with Crippen molar-refractivity contribution in [2.75, 3.05) is 7.05 Å². The smallest absolute Gasteiger partial charge is 0.0139 e. The molecule has 0 aromatic heterocycles. The van der Waals surface area contributed by atoms with E-state index in [1.165, 1.54) is 12.8 Å². The molecule has 0 saturated heterocycles. The van der Waals surface area contributed by atoms with E-state index in [0.29, 0.717) is 0 Å². The zero-order valence-electron chi connectivity index (χ0n) is 7.96. The van der Waals surface area contributed by atoms with Crippen molar-refractivity contribution >= 4 is 0 Å². The van der Waals surface area contributed by atoms with E-state index in [2.05, 4.69) is 36.6 Å². The van der Waals surface area contributed by atoms with E-state index >= 15 is 0 Å². The monoisotopic (exact) mass is 173 g/mol. The Morgan fingerprint density at radius 3 is 2.69 bits per heavy atom. The predicted octanol–water partition coefficient (Wildman–Crippen LogP) is 2.25. The van der Waals surface area contributed by atoms with Crippen LogP contribution in [0.1, 0.15) is 35.8 Å². The Labute approximate surface area is 79.2 Å². The van der Waals surface area contributed by atoms with Gasteiger partial charge in [-0.3, -0.25) is 0 Å². The van der Waals surface area contributed by atoms with Crippen LogP contribution < -0.4 is 5.32 Å². The first-order chi connectivity index (χ1) is 6.40. The van der Waals surface area contributed by atoms with Crippen LogP contribution in [0.4, 0.5) is 0 Å². The fraction of sp³-hybridized carbons (Fsp3) is 0.500. The average Bonchev–Trinajstić information content (AvgIpc) is 2.75. The largest absolute Gasteiger partial charge is 0.316 e. The lowest BCUT2D eigenvalue weighted by Crippen LogP contribution is -2.29. The van der Waals surface area contributed by atoms with Crippen LogP contribution in [-0.2, 0) is 0 Å². The normalized spacial score (nSPS) is 35.0. The second-order valence-corrected chi connectivity index (χ2v) is 4.30. The van der Waals surface area contributed by atoms with Gasteiger partial charge in [0.2, 0.25) is 0 Å². The van der Waals surface area contributed by atoms with Crippen molar-refractivity contribution in [2.45, 2.75) is 30.7 Å². The number of hydrogen-bond acceptors (Lipinski definition) is 1. The third-order valence-corrected chi connectivity index (χ3v) is 3.77. The Hall–Kier alpha value is -0.820. The molecule has 0 aliphatic heterocycles. The molecule has 68 valence electrons. The molecule has 1 aromatic rings. The van der Waals surface area contributed by atoms with Gasteiger partial charge in [0, 0.05) is 12.0 Å². The fourth-order valence-corrected chi connectivity index (χ4v) is 3.17. The van der Waals surface area contributed by atoms with Gasteiger partial charge in [0.1, 0.15) is 0 Å². The van der Waals surface area contributed by atoms with E-state index in [1.54, 1.807) is 11.1 Å². The lowest BCUT2D eigenvalue weighted by Gasteiger charge is -2.23. The summed E-state index contributed by atoms with van der Waals surface area (Å²) in [5.74, 6) is 1.64. The minimum absolute atomic E-state index is 0.736. The zero-order valence-corrected chi connectivity index (χ0v) is 7.96. The molecule has 0 radical (unpaired) electrons. The van der Waals surface area contributed by atoms with E-state index in [-0.39, 0.29) is 0 Å². The van der Waals surface area contributed by atoms with Crippen LogP contribution in [0.3, 0.4) is 0 Å². The summed E-state index contributed by atoms with van der Waals surface area (Å²) < 4.78 is 0. The maximum Gasteiger partial charge on any atom is 0.0139 e. The maximum absolute atomic E-state index is 3.44. The van der Waals surface area contributed by atoms with E-state index in [9.17, 15) is 0 Å². The van der Waals surface area contributed by atoms with Gasteiger partial charge in [-0.05, 0) is 36.9 Å². The third-order valence-electron chi connectivity index (χ3n) is 3.77. The van der Waals surface area contributed by atoms with Gasteiger partial charge in [-0.15, -0.1) is 0 Å². The number of hydrogen-bond donors (Lipinski definition) is 1. The predicted molar refractivity (Wildman–Crippen MR) is 54.0 cm³/mol. The lowest BCUT2D eigenvalue weighted by atomic mass is 9.88. The molecule has 1 aromatic carbocycles. The molecule has 2 aliphatic rings.